The van der Waals surface area contributed by atoms with Crippen molar-refractivity contribution in [2.75, 3.05) is 46.4 Å². The minimum absolute atomic E-state index is 0.331. The first-order valence-corrected chi connectivity index (χ1v) is 7.14. The summed E-state index contributed by atoms with van der Waals surface area (Å²) in [6.07, 6.45) is 1.76. The van der Waals surface area contributed by atoms with Crippen LogP contribution in [0, 0.1) is 0 Å². The highest BCUT2D eigenvalue weighted by molar-refractivity contribution is 4.55. The molecule has 4 heteroatoms. The fourth-order valence-corrected chi connectivity index (χ4v) is 1.47. The van der Waals surface area contributed by atoms with E-state index in [9.17, 15) is 0 Å². The normalized spacial score (nSPS) is 12.0. The first-order chi connectivity index (χ1) is 8.52. The van der Waals surface area contributed by atoms with Gasteiger partial charge in [-0.25, -0.2) is 0 Å². The van der Waals surface area contributed by atoms with Gasteiger partial charge in [-0.2, -0.15) is 0 Å². The molecule has 0 amide bonds. The molecule has 0 aliphatic carbocycles. The van der Waals surface area contributed by atoms with Crippen molar-refractivity contribution in [3.63, 3.8) is 0 Å². The summed E-state index contributed by atoms with van der Waals surface area (Å²) >= 11 is 0. The molecule has 0 spiro atoms. The maximum atomic E-state index is 5.52. The Bertz CT molecular complexity index is 175. The second-order valence-electron chi connectivity index (χ2n) is 5.25. The van der Waals surface area contributed by atoms with Gasteiger partial charge < -0.3 is 19.7 Å². The molecule has 0 unspecified atom stereocenters. The summed E-state index contributed by atoms with van der Waals surface area (Å²) in [7, 11) is 2.13. The van der Waals surface area contributed by atoms with Gasteiger partial charge in [-0.05, 0) is 47.7 Å². The van der Waals surface area contributed by atoms with Gasteiger partial charge in [0.2, 0.25) is 0 Å². The lowest BCUT2D eigenvalue weighted by Crippen LogP contribution is -2.32. The van der Waals surface area contributed by atoms with E-state index in [0.29, 0.717) is 12.2 Å². The fraction of sp³-hybridized carbons (Fsp3) is 1.00. The Morgan fingerprint density at radius 2 is 1.50 bits per heavy atom. The van der Waals surface area contributed by atoms with Crippen LogP contribution in [0.2, 0.25) is 0 Å². The number of hydrogen-bond donors (Lipinski definition) is 1. The van der Waals surface area contributed by atoms with Crippen LogP contribution >= 0.6 is 0 Å². The Balaban J connectivity index is 3.17. The van der Waals surface area contributed by atoms with Crippen molar-refractivity contribution in [2.45, 2.75) is 46.3 Å². The van der Waals surface area contributed by atoms with E-state index >= 15 is 0 Å². The largest absolute Gasteiger partial charge is 0.379 e. The molecular weight excluding hydrogens is 228 g/mol. The molecule has 4 nitrogen and oxygen atoms in total. The summed E-state index contributed by atoms with van der Waals surface area (Å²) in [5.74, 6) is 0. The molecular formula is C14H32N2O2. The molecule has 0 radical (unpaired) electrons. The van der Waals surface area contributed by atoms with Gasteiger partial charge in [0, 0.05) is 26.2 Å². The fourth-order valence-electron chi connectivity index (χ4n) is 1.47. The number of ether oxygens (including phenoxy) is 2. The maximum absolute atomic E-state index is 5.52. The molecule has 0 aromatic rings. The Morgan fingerprint density at radius 1 is 0.889 bits per heavy atom. The van der Waals surface area contributed by atoms with Crippen LogP contribution in [0.25, 0.3) is 0 Å². The van der Waals surface area contributed by atoms with Crippen molar-refractivity contribution in [1.82, 2.24) is 10.2 Å². The van der Waals surface area contributed by atoms with E-state index in [2.05, 4.69) is 45.0 Å². The lowest BCUT2D eigenvalue weighted by atomic mass is 10.4. The van der Waals surface area contributed by atoms with Gasteiger partial charge in [-0.1, -0.05) is 0 Å². The van der Waals surface area contributed by atoms with Crippen molar-refractivity contribution < 1.29 is 9.47 Å². The van der Waals surface area contributed by atoms with Crippen molar-refractivity contribution in [2.24, 2.45) is 0 Å². The monoisotopic (exact) mass is 260 g/mol. The van der Waals surface area contributed by atoms with E-state index in [1.807, 2.05) is 0 Å². The van der Waals surface area contributed by atoms with Crippen LogP contribution in [0.3, 0.4) is 0 Å². The Labute approximate surface area is 113 Å². The van der Waals surface area contributed by atoms with Gasteiger partial charge in [0.15, 0.2) is 0 Å². The average molecular weight is 260 g/mol. The quantitative estimate of drug-likeness (QED) is 0.542. The zero-order chi connectivity index (χ0) is 13.8. The van der Waals surface area contributed by atoms with Gasteiger partial charge in [-0.15, -0.1) is 0 Å². The average Bonchev–Trinajstić information content (AvgIpc) is 2.26. The molecule has 0 atom stereocenters. The van der Waals surface area contributed by atoms with E-state index in [4.69, 9.17) is 9.47 Å². The van der Waals surface area contributed by atoms with Crippen LogP contribution in [-0.4, -0.2) is 63.5 Å². The molecule has 18 heavy (non-hydrogen) atoms. The van der Waals surface area contributed by atoms with Crippen molar-refractivity contribution >= 4 is 0 Å². The van der Waals surface area contributed by atoms with E-state index in [0.717, 1.165) is 45.8 Å². The first kappa shape index (κ1) is 17.8. The molecule has 0 heterocycles. The topological polar surface area (TPSA) is 33.7 Å². The molecule has 0 saturated carbocycles. The Morgan fingerprint density at radius 3 is 2.11 bits per heavy atom. The molecule has 0 bridgehead atoms. The van der Waals surface area contributed by atoms with Crippen molar-refractivity contribution in [3.05, 3.63) is 0 Å². The first-order valence-electron chi connectivity index (χ1n) is 7.14. The van der Waals surface area contributed by atoms with Crippen LogP contribution in [0.15, 0.2) is 0 Å². The van der Waals surface area contributed by atoms with Crippen molar-refractivity contribution in [3.8, 4) is 0 Å². The van der Waals surface area contributed by atoms with E-state index in [-0.39, 0.29) is 0 Å². The van der Waals surface area contributed by atoms with Gasteiger partial charge >= 0.3 is 0 Å². The SMILES string of the molecule is CC(C)OCCCNCCN(C)CCOC(C)C. The lowest BCUT2D eigenvalue weighted by Gasteiger charge is -2.17. The summed E-state index contributed by atoms with van der Waals surface area (Å²) in [5, 5.41) is 3.43. The highest BCUT2D eigenvalue weighted by Crippen LogP contribution is 1.90. The minimum atomic E-state index is 0.331. The van der Waals surface area contributed by atoms with Crippen LogP contribution in [0.5, 0.6) is 0 Å². The highest BCUT2D eigenvalue weighted by Gasteiger charge is 1.99. The molecule has 110 valence electrons. The summed E-state index contributed by atoms with van der Waals surface area (Å²) in [4.78, 5) is 2.29. The van der Waals surface area contributed by atoms with E-state index in [1.165, 1.54) is 0 Å². The molecule has 1 N–H and O–H groups in total. The number of hydrogen-bond acceptors (Lipinski definition) is 4. The van der Waals surface area contributed by atoms with Gasteiger partial charge in [0.25, 0.3) is 0 Å². The second kappa shape index (κ2) is 11.9. The summed E-state index contributed by atoms with van der Waals surface area (Å²) in [6, 6.07) is 0. The zero-order valence-electron chi connectivity index (χ0n) is 12.9. The molecule has 0 aliphatic rings. The molecule has 0 aliphatic heterocycles. The van der Waals surface area contributed by atoms with E-state index in [1.54, 1.807) is 0 Å². The zero-order valence-corrected chi connectivity index (χ0v) is 12.9. The third kappa shape index (κ3) is 13.9. The second-order valence-corrected chi connectivity index (χ2v) is 5.25. The van der Waals surface area contributed by atoms with Crippen molar-refractivity contribution in [1.29, 1.82) is 0 Å². The van der Waals surface area contributed by atoms with Crippen LogP contribution in [0.1, 0.15) is 34.1 Å². The molecule has 0 fully saturated rings. The van der Waals surface area contributed by atoms with E-state index < -0.39 is 0 Å². The standard InChI is InChI=1S/C14H32N2O2/c1-13(2)17-11-6-7-15-8-9-16(5)10-12-18-14(3)4/h13-15H,6-12H2,1-5H3. The predicted octanol–water partition coefficient (Wildman–Crippen LogP) is 1.75. The number of rotatable bonds is 12. The number of likely N-dealkylation sites (N-methyl/N-ethyl adjacent to an activating group) is 1. The van der Waals surface area contributed by atoms with Gasteiger partial charge in [0.1, 0.15) is 0 Å². The van der Waals surface area contributed by atoms with Gasteiger partial charge in [-0.3, -0.25) is 0 Å². The van der Waals surface area contributed by atoms with Crippen LogP contribution in [0.4, 0.5) is 0 Å². The van der Waals surface area contributed by atoms with Gasteiger partial charge in [0.05, 0.1) is 18.8 Å². The van der Waals surface area contributed by atoms with Crippen LogP contribution in [-0.2, 0) is 9.47 Å². The van der Waals surface area contributed by atoms with Crippen LogP contribution < -0.4 is 5.32 Å². The highest BCUT2D eigenvalue weighted by atomic mass is 16.5. The molecule has 0 saturated heterocycles. The minimum Gasteiger partial charge on any atom is -0.379 e. The lowest BCUT2D eigenvalue weighted by molar-refractivity contribution is 0.0638. The molecule has 0 aromatic heterocycles. The Hall–Kier alpha value is -0.160. The third-order valence-corrected chi connectivity index (χ3v) is 2.54. The smallest absolute Gasteiger partial charge is 0.0596 e. The molecule has 0 rings (SSSR count). The Kier molecular flexibility index (Phi) is 11.8. The molecule has 0 aromatic carbocycles. The maximum Gasteiger partial charge on any atom is 0.0596 e. The summed E-state index contributed by atoms with van der Waals surface area (Å²) in [5.41, 5.74) is 0. The number of nitrogens with zero attached hydrogens (tertiary/aromatic N) is 1. The predicted molar refractivity (Wildman–Crippen MR) is 77.2 cm³/mol. The summed E-state index contributed by atoms with van der Waals surface area (Å²) < 4.78 is 11.0. The summed E-state index contributed by atoms with van der Waals surface area (Å²) in [6.45, 7) is 14.1. The number of nitrogens with one attached hydrogen (secondary N) is 1. The third-order valence-electron chi connectivity index (χ3n) is 2.54.